The van der Waals surface area contributed by atoms with Crippen molar-refractivity contribution in [2.24, 2.45) is 0 Å². The molecule has 1 nitrogen and oxygen atoms in total. The van der Waals surface area contributed by atoms with Gasteiger partial charge in [-0.05, 0) is 30.5 Å². The van der Waals surface area contributed by atoms with Crippen molar-refractivity contribution < 1.29 is 0 Å². The lowest BCUT2D eigenvalue weighted by Gasteiger charge is -2.02. The van der Waals surface area contributed by atoms with E-state index in [1.54, 1.807) is 0 Å². The van der Waals surface area contributed by atoms with Crippen molar-refractivity contribution in [2.75, 3.05) is 13.1 Å². The van der Waals surface area contributed by atoms with Gasteiger partial charge in [0.2, 0.25) is 0 Å². The highest BCUT2D eigenvalue weighted by Gasteiger charge is 2.04. The Morgan fingerprint density at radius 1 is 1.15 bits per heavy atom. The summed E-state index contributed by atoms with van der Waals surface area (Å²) in [6.07, 6.45) is 6.22. The fourth-order valence-corrected chi connectivity index (χ4v) is 1.34. The van der Waals surface area contributed by atoms with Gasteiger partial charge in [0.15, 0.2) is 0 Å². The summed E-state index contributed by atoms with van der Waals surface area (Å²) in [6.45, 7) is 13.6. The molecule has 0 aromatic heterocycles. The van der Waals surface area contributed by atoms with Gasteiger partial charge in [0.05, 0.1) is 0 Å². The molecule has 0 amide bonds. The van der Waals surface area contributed by atoms with Crippen LogP contribution in [0, 0.1) is 0 Å². The summed E-state index contributed by atoms with van der Waals surface area (Å²) in [5.74, 6) is 0. The second kappa shape index (κ2) is 7.81. The Kier molecular flexibility index (Phi) is 7.32. The molecule has 1 aliphatic rings. The van der Waals surface area contributed by atoms with Crippen molar-refractivity contribution in [2.45, 2.75) is 26.7 Å². The molecule has 74 valence electrons. The molecule has 0 atom stereocenters. The first-order valence-electron chi connectivity index (χ1n) is 5.06. The zero-order valence-electron chi connectivity index (χ0n) is 8.90. The summed E-state index contributed by atoms with van der Waals surface area (Å²) >= 11 is 0. The van der Waals surface area contributed by atoms with Crippen molar-refractivity contribution in [3.8, 4) is 0 Å². The molecule has 0 aromatic carbocycles. The SMILES string of the molecule is C=CC1=C(C=C)CNCCC1.CC. The van der Waals surface area contributed by atoms with Crippen LogP contribution in [-0.4, -0.2) is 13.1 Å². The summed E-state index contributed by atoms with van der Waals surface area (Å²) in [5, 5.41) is 3.34. The van der Waals surface area contributed by atoms with Crippen molar-refractivity contribution in [3.63, 3.8) is 0 Å². The summed E-state index contributed by atoms with van der Waals surface area (Å²) in [4.78, 5) is 0. The first kappa shape index (κ1) is 12.2. The lowest BCUT2D eigenvalue weighted by molar-refractivity contribution is 0.714. The number of allylic oxidation sites excluding steroid dienone is 2. The first-order chi connectivity index (χ1) is 6.38. The average Bonchev–Trinajstić information content (AvgIpc) is 2.44. The van der Waals surface area contributed by atoms with Crippen LogP contribution in [0.3, 0.4) is 0 Å². The van der Waals surface area contributed by atoms with E-state index in [1.165, 1.54) is 17.6 Å². The molecular formula is C12H21N. The molecule has 0 fully saturated rings. The number of nitrogens with one attached hydrogen (secondary N) is 1. The van der Waals surface area contributed by atoms with Crippen molar-refractivity contribution >= 4 is 0 Å². The molecule has 0 aliphatic carbocycles. The van der Waals surface area contributed by atoms with Gasteiger partial charge in [0, 0.05) is 6.54 Å². The molecule has 0 unspecified atom stereocenters. The Labute approximate surface area is 82.2 Å². The molecule has 1 heterocycles. The molecule has 0 spiro atoms. The van der Waals surface area contributed by atoms with Crippen LogP contribution in [0.1, 0.15) is 26.7 Å². The minimum Gasteiger partial charge on any atom is -0.313 e. The van der Waals surface area contributed by atoms with Gasteiger partial charge in [-0.15, -0.1) is 0 Å². The minimum absolute atomic E-state index is 0.949. The molecule has 0 aromatic rings. The summed E-state index contributed by atoms with van der Waals surface area (Å²) < 4.78 is 0. The van der Waals surface area contributed by atoms with Crippen LogP contribution in [0.4, 0.5) is 0 Å². The van der Waals surface area contributed by atoms with E-state index in [0.717, 1.165) is 19.5 Å². The van der Waals surface area contributed by atoms with Gasteiger partial charge in [-0.3, -0.25) is 0 Å². The molecule has 0 bridgehead atoms. The third-order valence-electron chi connectivity index (χ3n) is 2.02. The lowest BCUT2D eigenvalue weighted by Crippen LogP contribution is -2.15. The Bertz CT molecular complexity index is 169. The second-order valence-corrected chi connectivity index (χ2v) is 2.74. The quantitative estimate of drug-likeness (QED) is 0.687. The maximum Gasteiger partial charge on any atom is 0.0208 e. The van der Waals surface area contributed by atoms with Gasteiger partial charge >= 0.3 is 0 Å². The highest BCUT2D eigenvalue weighted by molar-refractivity contribution is 5.33. The zero-order chi connectivity index (χ0) is 10.1. The van der Waals surface area contributed by atoms with Crippen LogP contribution in [0.5, 0.6) is 0 Å². The third-order valence-corrected chi connectivity index (χ3v) is 2.02. The standard InChI is InChI=1S/C10H15N.C2H6/c1-3-9-6-5-7-11-8-10(9)4-2;1-2/h3-4,11H,1-2,5-8H2;1-2H3. The van der Waals surface area contributed by atoms with Crippen LogP contribution in [-0.2, 0) is 0 Å². The van der Waals surface area contributed by atoms with Gasteiger partial charge in [0.1, 0.15) is 0 Å². The van der Waals surface area contributed by atoms with Gasteiger partial charge in [-0.25, -0.2) is 0 Å². The van der Waals surface area contributed by atoms with E-state index >= 15 is 0 Å². The number of hydrogen-bond donors (Lipinski definition) is 1. The lowest BCUT2D eigenvalue weighted by atomic mass is 10.1. The fourth-order valence-electron chi connectivity index (χ4n) is 1.34. The van der Waals surface area contributed by atoms with Gasteiger partial charge < -0.3 is 5.32 Å². The molecule has 1 heteroatoms. The van der Waals surface area contributed by atoms with E-state index in [-0.39, 0.29) is 0 Å². The van der Waals surface area contributed by atoms with Crippen molar-refractivity contribution in [3.05, 3.63) is 36.5 Å². The Morgan fingerprint density at radius 3 is 2.31 bits per heavy atom. The molecule has 0 saturated heterocycles. The smallest absolute Gasteiger partial charge is 0.0208 e. The minimum atomic E-state index is 0.949. The van der Waals surface area contributed by atoms with E-state index in [4.69, 9.17) is 0 Å². The predicted octanol–water partition coefficient (Wildman–Crippen LogP) is 3.06. The van der Waals surface area contributed by atoms with Crippen LogP contribution >= 0.6 is 0 Å². The Morgan fingerprint density at radius 2 is 1.77 bits per heavy atom. The molecule has 1 aliphatic heterocycles. The van der Waals surface area contributed by atoms with E-state index in [1.807, 2.05) is 26.0 Å². The first-order valence-corrected chi connectivity index (χ1v) is 5.06. The van der Waals surface area contributed by atoms with E-state index in [0.29, 0.717) is 0 Å². The molecule has 1 rings (SSSR count). The zero-order valence-corrected chi connectivity index (χ0v) is 8.90. The van der Waals surface area contributed by atoms with Crippen LogP contribution < -0.4 is 5.32 Å². The van der Waals surface area contributed by atoms with Crippen LogP contribution in [0.15, 0.2) is 36.5 Å². The Balaban J connectivity index is 0.000000671. The second-order valence-electron chi connectivity index (χ2n) is 2.74. The Hall–Kier alpha value is -0.820. The summed E-state index contributed by atoms with van der Waals surface area (Å²) in [7, 11) is 0. The topological polar surface area (TPSA) is 12.0 Å². The highest BCUT2D eigenvalue weighted by atomic mass is 14.8. The number of hydrogen-bond acceptors (Lipinski definition) is 1. The molecule has 13 heavy (non-hydrogen) atoms. The van der Waals surface area contributed by atoms with Gasteiger partial charge in [-0.2, -0.15) is 0 Å². The summed E-state index contributed by atoms with van der Waals surface area (Å²) in [6, 6.07) is 0. The predicted molar refractivity (Wildman–Crippen MR) is 60.9 cm³/mol. The van der Waals surface area contributed by atoms with Crippen LogP contribution in [0.2, 0.25) is 0 Å². The van der Waals surface area contributed by atoms with Crippen molar-refractivity contribution in [1.29, 1.82) is 0 Å². The monoisotopic (exact) mass is 179 g/mol. The van der Waals surface area contributed by atoms with Gasteiger partial charge in [-0.1, -0.05) is 39.2 Å². The maximum absolute atomic E-state index is 3.79. The molecule has 1 N–H and O–H groups in total. The summed E-state index contributed by atoms with van der Waals surface area (Å²) in [5.41, 5.74) is 2.66. The highest BCUT2D eigenvalue weighted by Crippen LogP contribution is 2.14. The fraction of sp³-hybridized carbons (Fsp3) is 0.500. The molecule has 0 radical (unpaired) electrons. The van der Waals surface area contributed by atoms with E-state index in [9.17, 15) is 0 Å². The number of rotatable bonds is 2. The molecular weight excluding hydrogens is 158 g/mol. The van der Waals surface area contributed by atoms with E-state index in [2.05, 4.69) is 18.5 Å². The van der Waals surface area contributed by atoms with Crippen LogP contribution in [0.25, 0.3) is 0 Å². The van der Waals surface area contributed by atoms with Gasteiger partial charge in [0.25, 0.3) is 0 Å². The van der Waals surface area contributed by atoms with E-state index < -0.39 is 0 Å². The average molecular weight is 179 g/mol. The largest absolute Gasteiger partial charge is 0.313 e. The maximum atomic E-state index is 3.79. The molecule has 0 saturated carbocycles. The third kappa shape index (κ3) is 4.09. The van der Waals surface area contributed by atoms with Crippen molar-refractivity contribution in [1.82, 2.24) is 5.32 Å². The normalized spacial score (nSPS) is 16.8.